The molecule has 164 valence electrons. The van der Waals surface area contributed by atoms with Crippen LogP contribution in [0.5, 0.6) is 5.75 Å². The van der Waals surface area contributed by atoms with Crippen molar-refractivity contribution in [2.45, 2.75) is 25.1 Å². The van der Waals surface area contributed by atoms with Crippen LogP contribution in [0.25, 0.3) is 0 Å². The number of nitrogens with one attached hydrogen (secondary N) is 1. The van der Waals surface area contributed by atoms with Gasteiger partial charge in [0, 0.05) is 11.9 Å². The third kappa shape index (κ3) is 4.51. The minimum atomic E-state index is -2.93. The fraction of sp³-hybridized carbons (Fsp3) is 0.174. The molecule has 2 atom stereocenters. The first kappa shape index (κ1) is 21.2. The number of hydrogen-bond acceptors (Lipinski definition) is 6. The Balaban J connectivity index is 1.61. The molecule has 1 fully saturated rings. The summed E-state index contributed by atoms with van der Waals surface area (Å²) in [7, 11) is 0. The summed E-state index contributed by atoms with van der Waals surface area (Å²) in [4.78, 5) is 31.7. The Bertz CT molecular complexity index is 1090. The van der Waals surface area contributed by atoms with Crippen LogP contribution >= 0.6 is 0 Å². The van der Waals surface area contributed by atoms with Crippen molar-refractivity contribution in [2.24, 2.45) is 0 Å². The van der Waals surface area contributed by atoms with E-state index in [1.807, 2.05) is 6.07 Å². The summed E-state index contributed by atoms with van der Waals surface area (Å²) in [5.41, 5.74) is 7.47. The summed E-state index contributed by atoms with van der Waals surface area (Å²) in [5.74, 6) is -1.14. The number of amides is 2. The number of nitrogen functional groups attached to an aromatic ring is 1. The third-order valence-electron chi connectivity index (χ3n) is 5.15. The molecule has 7 nitrogen and oxygen atoms in total. The van der Waals surface area contributed by atoms with Gasteiger partial charge in [-0.15, -0.1) is 0 Å². The van der Waals surface area contributed by atoms with Crippen LogP contribution in [0.3, 0.4) is 0 Å². The zero-order valence-electron chi connectivity index (χ0n) is 16.8. The number of rotatable bonds is 7. The summed E-state index contributed by atoms with van der Waals surface area (Å²) in [6, 6.07) is 17.2. The van der Waals surface area contributed by atoms with Crippen LogP contribution in [0.15, 0.2) is 72.9 Å². The van der Waals surface area contributed by atoms with Crippen molar-refractivity contribution in [3.63, 3.8) is 0 Å². The summed E-state index contributed by atoms with van der Waals surface area (Å²) < 4.78 is 29.1. The molecule has 1 saturated heterocycles. The second kappa shape index (κ2) is 9.01. The van der Waals surface area contributed by atoms with Gasteiger partial charge in [0.05, 0.1) is 12.5 Å². The van der Waals surface area contributed by atoms with Crippen molar-refractivity contribution in [1.82, 2.24) is 9.88 Å². The Morgan fingerprint density at radius 1 is 1.00 bits per heavy atom. The molecule has 4 rings (SSSR count). The van der Waals surface area contributed by atoms with Gasteiger partial charge in [-0.25, -0.2) is 4.98 Å². The van der Waals surface area contributed by atoms with E-state index in [1.54, 1.807) is 36.4 Å². The molecule has 0 spiro atoms. The van der Waals surface area contributed by atoms with Gasteiger partial charge in [0.1, 0.15) is 17.6 Å². The maximum atomic E-state index is 13.3. The number of nitrogens with zero attached hydrogens (tertiary/aromatic N) is 2. The van der Waals surface area contributed by atoms with E-state index in [9.17, 15) is 18.4 Å². The highest BCUT2D eigenvalue weighted by molar-refractivity contribution is 6.10. The molecule has 3 aromatic rings. The summed E-state index contributed by atoms with van der Waals surface area (Å²) >= 11 is 0. The maximum absolute atomic E-state index is 13.3. The number of imide groups is 1. The van der Waals surface area contributed by atoms with Crippen molar-refractivity contribution in [3.8, 4) is 5.75 Å². The lowest BCUT2D eigenvalue weighted by molar-refractivity contribution is -0.139. The average Bonchev–Trinajstić information content (AvgIpc) is 3.01. The summed E-state index contributed by atoms with van der Waals surface area (Å²) in [6.45, 7) is -2.87. The topological polar surface area (TPSA) is 97.5 Å². The van der Waals surface area contributed by atoms with E-state index in [2.05, 4.69) is 15.0 Å². The van der Waals surface area contributed by atoms with Crippen LogP contribution < -0.4 is 15.8 Å². The Hall–Kier alpha value is -4.01. The number of likely N-dealkylation sites (tertiary alicyclic amines) is 1. The largest absolute Gasteiger partial charge is 0.435 e. The fourth-order valence-electron chi connectivity index (χ4n) is 3.65. The van der Waals surface area contributed by atoms with Crippen LogP contribution in [-0.4, -0.2) is 34.4 Å². The van der Waals surface area contributed by atoms with E-state index in [4.69, 9.17) is 5.73 Å². The lowest BCUT2D eigenvalue weighted by Crippen LogP contribution is -2.35. The van der Waals surface area contributed by atoms with Gasteiger partial charge in [-0.05, 0) is 41.5 Å². The van der Waals surface area contributed by atoms with Gasteiger partial charge in [0.2, 0.25) is 5.91 Å². The first-order valence-corrected chi connectivity index (χ1v) is 9.84. The van der Waals surface area contributed by atoms with E-state index in [0.717, 1.165) is 0 Å². The number of alkyl halides is 2. The molecular weight excluding hydrogens is 418 g/mol. The SMILES string of the molecule is Nc1ccc(CN2C(=O)C(Nc3ccc(OC(F)F)cc3)C(c3ccccc3)C2=O)cn1. The molecule has 0 aliphatic carbocycles. The van der Waals surface area contributed by atoms with Crippen LogP contribution in [0.4, 0.5) is 20.3 Å². The molecule has 1 aliphatic rings. The fourth-order valence-corrected chi connectivity index (χ4v) is 3.65. The zero-order valence-corrected chi connectivity index (χ0v) is 16.8. The van der Waals surface area contributed by atoms with Gasteiger partial charge in [-0.2, -0.15) is 8.78 Å². The number of carbonyl (C=O) groups is 2. The molecule has 0 saturated carbocycles. The first-order chi connectivity index (χ1) is 15.4. The Morgan fingerprint density at radius 2 is 1.72 bits per heavy atom. The Labute approximate surface area is 182 Å². The first-order valence-electron chi connectivity index (χ1n) is 9.84. The molecule has 2 unspecified atom stereocenters. The number of ether oxygens (including phenoxy) is 1. The predicted octanol–water partition coefficient (Wildman–Crippen LogP) is 3.40. The number of benzene rings is 2. The number of aromatic nitrogens is 1. The molecule has 2 heterocycles. The van der Waals surface area contributed by atoms with Gasteiger partial charge >= 0.3 is 6.61 Å². The van der Waals surface area contributed by atoms with Crippen molar-refractivity contribution < 1.29 is 23.1 Å². The van der Waals surface area contributed by atoms with Crippen molar-refractivity contribution in [1.29, 1.82) is 0 Å². The van der Waals surface area contributed by atoms with Crippen LogP contribution in [0.1, 0.15) is 17.0 Å². The Morgan fingerprint density at radius 3 is 2.34 bits per heavy atom. The molecule has 32 heavy (non-hydrogen) atoms. The predicted molar refractivity (Wildman–Crippen MR) is 114 cm³/mol. The molecule has 1 aromatic heterocycles. The van der Waals surface area contributed by atoms with E-state index in [1.165, 1.54) is 35.4 Å². The van der Waals surface area contributed by atoms with Gasteiger partial charge in [-0.1, -0.05) is 36.4 Å². The smallest absolute Gasteiger partial charge is 0.387 e. The minimum Gasteiger partial charge on any atom is -0.435 e. The zero-order chi connectivity index (χ0) is 22.7. The maximum Gasteiger partial charge on any atom is 0.387 e. The standard InChI is InChI=1S/C23H20F2N4O3/c24-23(25)32-17-9-7-16(8-10-17)28-20-19(15-4-2-1-3-5-15)21(30)29(22(20)31)13-14-6-11-18(26)27-12-14/h1-12,19-20,23,28H,13H2,(H2,26,27). The highest BCUT2D eigenvalue weighted by atomic mass is 19.3. The number of pyridine rings is 1. The summed E-state index contributed by atoms with van der Waals surface area (Å²) in [5, 5.41) is 3.08. The van der Waals surface area contributed by atoms with E-state index in [0.29, 0.717) is 22.6 Å². The second-order valence-electron chi connectivity index (χ2n) is 7.27. The molecule has 3 N–H and O–H groups in total. The highest BCUT2D eigenvalue weighted by Gasteiger charge is 2.48. The second-order valence-corrected chi connectivity index (χ2v) is 7.27. The Kier molecular flexibility index (Phi) is 5.98. The molecular formula is C23H20F2N4O3. The van der Waals surface area contributed by atoms with Crippen LogP contribution in [0, 0.1) is 0 Å². The molecule has 1 aliphatic heterocycles. The lowest BCUT2D eigenvalue weighted by atomic mass is 9.93. The number of carbonyl (C=O) groups excluding carboxylic acids is 2. The normalized spacial score (nSPS) is 18.3. The number of hydrogen-bond donors (Lipinski definition) is 2. The lowest BCUT2D eigenvalue weighted by Gasteiger charge is -2.18. The van der Waals surface area contributed by atoms with Gasteiger partial charge in [0.15, 0.2) is 0 Å². The van der Waals surface area contributed by atoms with Crippen LogP contribution in [-0.2, 0) is 16.1 Å². The molecule has 9 heteroatoms. The van der Waals surface area contributed by atoms with Crippen molar-refractivity contribution in [2.75, 3.05) is 11.1 Å². The minimum absolute atomic E-state index is 0.00328. The van der Waals surface area contributed by atoms with Crippen molar-refractivity contribution in [3.05, 3.63) is 84.1 Å². The van der Waals surface area contributed by atoms with Gasteiger partial charge in [-0.3, -0.25) is 14.5 Å². The van der Waals surface area contributed by atoms with Gasteiger partial charge < -0.3 is 15.8 Å². The number of anilines is 2. The van der Waals surface area contributed by atoms with E-state index < -0.39 is 24.5 Å². The molecule has 0 radical (unpaired) electrons. The average molecular weight is 438 g/mol. The van der Waals surface area contributed by atoms with Crippen molar-refractivity contribution >= 4 is 23.3 Å². The molecule has 0 bridgehead atoms. The monoisotopic (exact) mass is 438 g/mol. The van der Waals surface area contributed by atoms with E-state index >= 15 is 0 Å². The number of halogens is 2. The highest BCUT2D eigenvalue weighted by Crippen LogP contribution is 2.33. The van der Waals surface area contributed by atoms with Gasteiger partial charge in [0.25, 0.3) is 5.91 Å². The third-order valence-corrected chi connectivity index (χ3v) is 5.15. The quantitative estimate of drug-likeness (QED) is 0.549. The van der Waals surface area contributed by atoms with E-state index in [-0.39, 0.29) is 18.2 Å². The summed E-state index contributed by atoms with van der Waals surface area (Å²) in [6.07, 6.45) is 1.52. The molecule has 2 aromatic carbocycles. The molecule has 2 amide bonds. The number of nitrogens with two attached hydrogens (primary N) is 1. The van der Waals surface area contributed by atoms with Crippen LogP contribution in [0.2, 0.25) is 0 Å².